The topological polar surface area (TPSA) is 64.2 Å². The molecule has 2 heterocycles. The Morgan fingerprint density at radius 2 is 1.56 bits per heavy atom. The van der Waals surface area contributed by atoms with Crippen molar-refractivity contribution in [3.63, 3.8) is 0 Å². The monoisotopic (exact) mass is 432 g/mol. The van der Waals surface area contributed by atoms with E-state index in [4.69, 9.17) is 11.6 Å². The second kappa shape index (κ2) is 9.11. The molecule has 2 aliphatic heterocycles. The zero-order chi connectivity index (χ0) is 19.4. The Bertz CT molecular complexity index is 761. The summed E-state index contributed by atoms with van der Waals surface area (Å²) in [7, 11) is -1.44. The number of rotatable bonds is 5. The van der Waals surface area contributed by atoms with Gasteiger partial charge in [-0.2, -0.15) is 17.0 Å². The van der Waals surface area contributed by atoms with Gasteiger partial charge in [-0.3, -0.25) is 4.79 Å². The predicted octanol–water partition coefficient (Wildman–Crippen LogP) is 1.07. The Morgan fingerprint density at radius 1 is 1.00 bits per heavy atom. The molecule has 10 heteroatoms. The number of amides is 1. The first-order valence-corrected chi connectivity index (χ1v) is 11.7. The highest BCUT2D eigenvalue weighted by molar-refractivity contribution is 8.00. The molecule has 2 aliphatic rings. The predicted molar refractivity (Wildman–Crippen MR) is 108 cm³/mol. The normalized spacial score (nSPS) is 20.7. The Hall–Kier alpha value is -0.840. The number of carbonyl (C=O) groups excluding carboxylic acids is 1. The molecular formula is C17H25ClN4O3S2. The minimum atomic E-state index is -3.44. The van der Waals surface area contributed by atoms with Gasteiger partial charge >= 0.3 is 0 Å². The van der Waals surface area contributed by atoms with Crippen molar-refractivity contribution in [3.8, 4) is 0 Å². The van der Waals surface area contributed by atoms with E-state index in [1.54, 1.807) is 15.3 Å². The van der Waals surface area contributed by atoms with Gasteiger partial charge < -0.3 is 9.80 Å². The van der Waals surface area contributed by atoms with Crippen molar-refractivity contribution in [1.82, 2.24) is 18.4 Å². The Kier molecular flexibility index (Phi) is 7.04. The van der Waals surface area contributed by atoms with Crippen LogP contribution in [0.2, 0.25) is 5.02 Å². The number of likely N-dealkylation sites (N-methyl/N-ethyl adjacent to an activating group) is 1. The summed E-state index contributed by atoms with van der Waals surface area (Å²) < 4.78 is 28.6. The number of nitrogens with zero attached hydrogens (tertiary/aromatic N) is 4. The molecule has 0 unspecified atom stereocenters. The third kappa shape index (κ3) is 5.16. The fourth-order valence-electron chi connectivity index (χ4n) is 3.14. The lowest BCUT2D eigenvalue weighted by Crippen LogP contribution is -2.57. The van der Waals surface area contributed by atoms with Crippen LogP contribution in [0.3, 0.4) is 0 Å². The standard InChI is InChI=1S/C17H25ClN4O3S2/c1-19-6-10-21(11-7-19)27(24,25)22-12-8-20(9-13-22)17(23)14-26-16-5-3-2-4-15(16)18/h2-5H,6-14H2,1H3. The first kappa shape index (κ1) is 20.9. The molecule has 0 aromatic heterocycles. The molecule has 0 radical (unpaired) electrons. The Morgan fingerprint density at radius 3 is 2.15 bits per heavy atom. The van der Waals surface area contributed by atoms with Crippen LogP contribution >= 0.6 is 23.4 Å². The second-order valence-corrected chi connectivity index (χ2v) is 10.1. The van der Waals surface area contributed by atoms with Gasteiger partial charge in [-0.1, -0.05) is 23.7 Å². The zero-order valence-corrected chi connectivity index (χ0v) is 17.8. The quantitative estimate of drug-likeness (QED) is 0.651. The van der Waals surface area contributed by atoms with Crippen LogP contribution in [0.15, 0.2) is 29.2 Å². The molecule has 0 aliphatic carbocycles. The number of benzene rings is 1. The number of hydrogen-bond acceptors (Lipinski definition) is 5. The lowest BCUT2D eigenvalue weighted by atomic mass is 10.3. The maximum atomic E-state index is 12.8. The number of halogens is 1. The van der Waals surface area contributed by atoms with Crippen LogP contribution in [0.25, 0.3) is 0 Å². The summed E-state index contributed by atoms with van der Waals surface area (Å²) in [6, 6.07) is 7.44. The van der Waals surface area contributed by atoms with Crippen LogP contribution in [-0.2, 0) is 15.0 Å². The minimum absolute atomic E-state index is 0.0107. The van der Waals surface area contributed by atoms with Crippen LogP contribution in [-0.4, -0.2) is 97.9 Å². The summed E-state index contributed by atoms with van der Waals surface area (Å²) in [4.78, 5) is 17.2. The van der Waals surface area contributed by atoms with Crippen LogP contribution < -0.4 is 0 Å². The molecule has 0 saturated carbocycles. The van der Waals surface area contributed by atoms with Crippen LogP contribution in [0.1, 0.15) is 0 Å². The van der Waals surface area contributed by atoms with Crippen molar-refractivity contribution in [2.45, 2.75) is 4.90 Å². The lowest BCUT2D eigenvalue weighted by molar-refractivity contribution is -0.129. The van der Waals surface area contributed by atoms with Gasteiger partial charge in [0.05, 0.1) is 10.8 Å². The van der Waals surface area contributed by atoms with Gasteiger partial charge in [-0.15, -0.1) is 11.8 Å². The molecule has 27 heavy (non-hydrogen) atoms. The van der Waals surface area contributed by atoms with E-state index in [-0.39, 0.29) is 5.91 Å². The molecular weight excluding hydrogens is 408 g/mol. The summed E-state index contributed by atoms with van der Waals surface area (Å²) in [6.45, 7) is 4.07. The Labute approximate surface area is 170 Å². The fourth-order valence-corrected chi connectivity index (χ4v) is 5.86. The van der Waals surface area contributed by atoms with Crippen molar-refractivity contribution >= 4 is 39.5 Å². The molecule has 1 aromatic rings. The summed E-state index contributed by atoms with van der Waals surface area (Å²) in [5.74, 6) is 0.311. The molecule has 0 spiro atoms. The SMILES string of the molecule is CN1CCN(S(=O)(=O)N2CCN(C(=O)CSc3ccccc3Cl)CC2)CC1. The zero-order valence-electron chi connectivity index (χ0n) is 15.4. The van der Waals surface area contributed by atoms with Crippen molar-refractivity contribution in [2.24, 2.45) is 0 Å². The van der Waals surface area contributed by atoms with E-state index in [1.165, 1.54) is 16.1 Å². The van der Waals surface area contributed by atoms with E-state index >= 15 is 0 Å². The highest BCUT2D eigenvalue weighted by Crippen LogP contribution is 2.27. The first-order valence-electron chi connectivity index (χ1n) is 8.97. The minimum Gasteiger partial charge on any atom is -0.339 e. The molecule has 0 N–H and O–H groups in total. The summed E-state index contributed by atoms with van der Waals surface area (Å²) >= 11 is 7.53. The summed E-state index contributed by atoms with van der Waals surface area (Å²) in [5, 5.41) is 0.637. The van der Waals surface area contributed by atoms with E-state index in [1.807, 2.05) is 25.2 Å². The van der Waals surface area contributed by atoms with Gasteiger partial charge in [0.15, 0.2) is 0 Å². The highest BCUT2D eigenvalue weighted by Gasteiger charge is 2.34. The molecule has 2 saturated heterocycles. The molecule has 150 valence electrons. The third-order valence-corrected chi connectivity index (χ3v) is 8.43. The number of hydrogen-bond donors (Lipinski definition) is 0. The molecule has 2 fully saturated rings. The number of thioether (sulfide) groups is 1. The smallest absolute Gasteiger partial charge is 0.282 e. The van der Waals surface area contributed by atoms with E-state index < -0.39 is 10.2 Å². The van der Waals surface area contributed by atoms with E-state index in [2.05, 4.69) is 4.90 Å². The molecule has 0 bridgehead atoms. The second-order valence-electron chi connectivity index (χ2n) is 6.71. The number of carbonyl (C=O) groups is 1. The van der Waals surface area contributed by atoms with Crippen molar-refractivity contribution in [1.29, 1.82) is 0 Å². The molecule has 7 nitrogen and oxygen atoms in total. The lowest BCUT2D eigenvalue weighted by Gasteiger charge is -2.39. The average Bonchev–Trinajstić information content (AvgIpc) is 2.67. The van der Waals surface area contributed by atoms with Gasteiger partial charge in [-0.05, 0) is 19.2 Å². The van der Waals surface area contributed by atoms with E-state index in [0.717, 1.165) is 18.0 Å². The van der Waals surface area contributed by atoms with Gasteiger partial charge in [0.2, 0.25) is 5.91 Å². The molecule has 3 rings (SSSR count). The van der Waals surface area contributed by atoms with Crippen molar-refractivity contribution in [3.05, 3.63) is 29.3 Å². The summed E-state index contributed by atoms with van der Waals surface area (Å²) in [6.07, 6.45) is 0. The maximum absolute atomic E-state index is 12.8. The average molecular weight is 433 g/mol. The first-order chi connectivity index (χ1) is 12.9. The summed E-state index contributed by atoms with van der Waals surface area (Å²) in [5.41, 5.74) is 0. The van der Waals surface area contributed by atoms with Gasteiger partial charge in [0.25, 0.3) is 10.2 Å². The molecule has 1 aromatic carbocycles. The van der Waals surface area contributed by atoms with Crippen LogP contribution in [0.5, 0.6) is 0 Å². The molecule has 0 atom stereocenters. The largest absolute Gasteiger partial charge is 0.339 e. The van der Waals surface area contributed by atoms with Crippen LogP contribution in [0.4, 0.5) is 0 Å². The van der Waals surface area contributed by atoms with E-state index in [0.29, 0.717) is 50.0 Å². The maximum Gasteiger partial charge on any atom is 0.282 e. The number of piperazine rings is 2. The molecule has 1 amide bonds. The van der Waals surface area contributed by atoms with Crippen molar-refractivity contribution in [2.75, 3.05) is 65.2 Å². The fraction of sp³-hybridized carbons (Fsp3) is 0.588. The van der Waals surface area contributed by atoms with Gasteiger partial charge in [-0.25, -0.2) is 0 Å². The van der Waals surface area contributed by atoms with Gasteiger partial charge in [0, 0.05) is 57.3 Å². The van der Waals surface area contributed by atoms with E-state index in [9.17, 15) is 13.2 Å². The van der Waals surface area contributed by atoms with Crippen LogP contribution in [0, 0.1) is 0 Å². The highest BCUT2D eigenvalue weighted by atomic mass is 35.5. The Balaban J connectivity index is 1.49. The van der Waals surface area contributed by atoms with Gasteiger partial charge in [0.1, 0.15) is 0 Å². The van der Waals surface area contributed by atoms with Crippen molar-refractivity contribution < 1.29 is 13.2 Å². The third-order valence-electron chi connectivity index (χ3n) is 4.89.